The molecule has 3 N–H and O–H groups in total. The van der Waals surface area contributed by atoms with Crippen molar-refractivity contribution in [3.63, 3.8) is 0 Å². The fraction of sp³-hybridized carbons (Fsp3) is 0. The van der Waals surface area contributed by atoms with E-state index in [9.17, 15) is 9.59 Å². The van der Waals surface area contributed by atoms with Crippen molar-refractivity contribution in [2.75, 3.05) is 10.6 Å². The molecule has 0 saturated heterocycles. The number of thiocarbonyl (C=S) groups is 1. The Morgan fingerprint density at radius 3 is 2.24 bits per heavy atom. The van der Waals surface area contributed by atoms with Crippen LogP contribution in [0.2, 0.25) is 5.02 Å². The van der Waals surface area contributed by atoms with Gasteiger partial charge in [-0.05, 0) is 83.3 Å². The van der Waals surface area contributed by atoms with Crippen LogP contribution in [-0.4, -0.2) is 16.9 Å². The second-order valence-electron chi connectivity index (χ2n) is 5.93. The molecule has 3 rings (SSSR count). The van der Waals surface area contributed by atoms with E-state index in [0.29, 0.717) is 27.5 Å². The van der Waals surface area contributed by atoms with Crippen molar-refractivity contribution in [2.45, 2.75) is 0 Å². The molecule has 3 aromatic carbocycles. The predicted molar refractivity (Wildman–Crippen MR) is 129 cm³/mol. The Bertz CT molecular complexity index is 1090. The molecule has 0 aromatic heterocycles. The molecule has 5 nitrogen and oxygen atoms in total. The van der Waals surface area contributed by atoms with Gasteiger partial charge in [0.2, 0.25) is 0 Å². The highest BCUT2D eigenvalue weighted by Crippen LogP contribution is 2.17. The number of halogens is 2. The van der Waals surface area contributed by atoms with Gasteiger partial charge in [-0.2, -0.15) is 0 Å². The Morgan fingerprint density at radius 1 is 0.828 bits per heavy atom. The number of carbonyl (C=O) groups is 2. The normalized spacial score (nSPS) is 10.1. The highest BCUT2D eigenvalue weighted by molar-refractivity contribution is 14.1. The maximum Gasteiger partial charge on any atom is 0.258 e. The lowest BCUT2D eigenvalue weighted by atomic mass is 10.2. The van der Waals surface area contributed by atoms with Crippen molar-refractivity contribution in [3.05, 3.63) is 92.5 Å². The lowest BCUT2D eigenvalue weighted by molar-refractivity contribution is 0.0975. The third-order valence-corrected chi connectivity index (χ3v) is 5.19. The van der Waals surface area contributed by atoms with Gasteiger partial charge in [0.25, 0.3) is 11.8 Å². The Labute approximate surface area is 192 Å². The van der Waals surface area contributed by atoms with Gasteiger partial charge >= 0.3 is 0 Å². The molecule has 2 amide bonds. The van der Waals surface area contributed by atoms with E-state index in [0.717, 1.165) is 3.57 Å². The zero-order chi connectivity index (χ0) is 20.8. The first-order valence-electron chi connectivity index (χ1n) is 8.46. The van der Waals surface area contributed by atoms with Crippen LogP contribution in [-0.2, 0) is 0 Å². The third-order valence-electron chi connectivity index (χ3n) is 3.81. The van der Waals surface area contributed by atoms with Crippen molar-refractivity contribution in [3.8, 4) is 0 Å². The molecule has 146 valence electrons. The molecule has 8 heteroatoms. The van der Waals surface area contributed by atoms with Crippen LogP contribution in [0.25, 0.3) is 0 Å². The summed E-state index contributed by atoms with van der Waals surface area (Å²) < 4.78 is 0.824. The van der Waals surface area contributed by atoms with Crippen LogP contribution in [0.4, 0.5) is 11.4 Å². The van der Waals surface area contributed by atoms with E-state index < -0.39 is 0 Å². The second kappa shape index (κ2) is 9.82. The standard InChI is InChI=1S/C21H15ClIN3O2S/c22-14-6-4-8-16(12-14)24-19(27)13-5-3-7-15(11-13)25-21(29)26-20(28)17-9-1-2-10-18(17)23/h1-12H,(H,24,27)(H2,25,26,28,29). The van der Waals surface area contributed by atoms with Crippen LogP contribution in [0, 0.1) is 3.57 Å². The second-order valence-corrected chi connectivity index (χ2v) is 7.94. The van der Waals surface area contributed by atoms with Crippen molar-refractivity contribution in [1.29, 1.82) is 0 Å². The van der Waals surface area contributed by atoms with E-state index in [2.05, 4.69) is 38.5 Å². The van der Waals surface area contributed by atoms with Gasteiger partial charge in [-0.25, -0.2) is 0 Å². The summed E-state index contributed by atoms with van der Waals surface area (Å²) in [5.74, 6) is -0.591. The van der Waals surface area contributed by atoms with Gasteiger partial charge in [0.15, 0.2) is 5.11 Å². The minimum atomic E-state index is -0.303. The lowest BCUT2D eigenvalue weighted by Gasteiger charge is -2.12. The summed E-state index contributed by atoms with van der Waals surface area (Å²) in [7, 11) is 0. The smallest absolute Gasteiger partial charge is 0.258 e. The van der Waals surface area contributed by atoms with Crippen LogP contribution in [0.15, 0.2) is 72.8 Å². The number of benzene rings is 3. The highest BCUT2D eigenvalue weighted by Gasteiger charge is 2.12. The molecule has 0 bridgehead atoms. The quantitative estimate of drug-likeness (QED) is 0.312. The summed E-state index contributed by atoms with van der Waals surface area (Å²) >= 11 is 13.3. The Morgan fingerprint density at radius 2 is 1.52 bits per heavy atom. The number of hydrogen-bond acceptors (Lipinski definition) is 3. The number of amides is 2. The van der Waals surface area contributed by atoms with E-state index >= 15 is 0 Å². The van der Waals surface area contributed by atoms with Crippen LogP contribution < -0.4 is 16.0 Å². The van der Waals surface area contributed by atoms with Gasteiger partial charge in [0, 0.05) is 25.5 Å². The van der Waals surface area contributed by atoms with Crippen LogP contribution >= 0.6 is 46.4 Å². The van der Waals surface area contributed by atoms with Gasteiger partial charge in [0.1, 0.15) is 0 Å². The number of hydrogen-bond donors (Lipinski definition) is 3. The Kier molecular flexibility index (Phi) is 7.18. The molecule has 0 atom stereocenters. The molecular weight excluding hydrogens is 521 g/mol. The number of anilines is 2. The summed E-state index contributed by atoms with van der Waals surface area (Å²) in [5, 5.41) is 9.03. The van der Waals surface area contributed by atoms with Gasteiger partial charge < -0.3 is 10.6 Å². The van der Waals surface area contributed by atoms with Crippen molar-refractivity contribution in [1.82, 2.24) is 5.32 Å². The van der Waals surface area contributed by atoms with E-state index in [1.54, 1.807) is 60.7 Å². The van der Waals surface area contributed by atoms with Crippen molar-refractivity contribution in [2.24, 2.45) is 0 Å². The van der Waals surface area contributed by atoms with E-state index in [-0.39, 0.29) is 16.9 Å². The van der Waals surface area contributed by atoms with Crippen LogP contribution in [0.5, 0.6) is 0 Å². The molecule has 0 fully saturated rings. The van der Waals surface area contributed by atoms with Gasteiger partial charge in [-0.3, -0.25) is 14.9 Å². The lowest BCUT2D eigenvalue weighted by Crippen LogP contribution is -2.34. The minimum absolute atomic E-state index is 0.141. The summed E-state index contributed by atoms with van der Waals surface area (Å²) in [6.07, 6.45) is 0. The SMILES string of the molecule is O=C(Nc1cccc(Cl)c1)c1cccc(NC(=S)NC(=O)c2ccccc2I)c1. The molecule has 3 aromatic rings. The predicted octanol–water partition coefficient (Wildman–Crippen LogP) is 5.32. The number of rotatable bonds is 4. The maximum atomic E-state index is 12.5. The van der Waals surface area contributed by atoms with Crippen LogP contribution in [0.3, 0.4) is 0 Å². The minimum Gasteiger partial charge on any atom is -0.332 e. The van der Waals surface area contributed by atoms with E-state index in [4.69, 9.17) is 23.8 Å². The van der Waals surface area contributed by atoms with Gasteiger partial charge in [0.05, 0.1) is 5.56 Å². The topological polar surface area (TPSA) is 70.2 Å². The molecule has 0 radical (unpaired) electrons. The fourth-order valence-corrected chi connectivity index (χ4v) is 3.52. The summed E-state index contributed by atoms with van der Waals surface area (Å²) in [6.45, 7) is 0. The first-order chi connectivity index (χ1) is 13.9. The molecule has 0 saturated carbocycles. The van der Waals surface area contributed by atoms with Crippen molar-refractivity contribution < 1.29 is 9.59 Å². The molecule has 0 spiro atoms. The molecule has 0 unspecified atom stereocenters. The molecule has 0 aliphatic rings. The molecular formula is C21H15ClIN3O2S. The monoisotopic (exact) mass is 535 g/mol. The first-order valence-corrected chi connectivity index (χ1v) is 10.3. The van der Waals surface area contributed by atoms with Crippen LogP contribution in [0.1, 0.15) is 20.7 Å². The zero-order valence-electron chi connectivity index (χ0n) is 14.9. The summed E-state index contributed by atoms with van der Waals surface area (Å²) in [6, 6.07) is 20.9. The van der Waals surface area contributed by atoms with Gasteiger partial charge in [-0.15, -0.1) is 0 Å². The molecule has 0 aliphatic carbocycles. The summed E-state index contributed by atoms with van der Waals surface area (Å²) in [4.78, 5) is 24.8. The van der Waals surface area contributed by atoms with Gasteiger partial charge in [-0.1, -0.05) is 35.9 Å². The first kappa shape index (κ1) is 21.2. The average Bonchev–Trinajstić information content (AvgIpc) is 2.68. The Hall–Kier alpha value is -2.49. The third kappa shape index (κ3) is 5.99. The largest absolute Gasteiger partial charge is 0.332 e. The average molecular weight is 536 g/mol. The number of nitrogens with one attached hydrogen (secondary N) is 3. The zero-order valence-corrected chi connectivity index (χ0v) is 18.6. The molecule has 0 heterocycles. The van der Waals surface area contributed by atoms with E-state index in [1.807, 2.05) is 12.1 Å². The number of carbonyl (C=O) groups excluding carboxylic acids is 2. The molecule has 29 heavy (non-hydrogen) atoms. The fourth-order valence-electron chi connectivity index (χ4n) is 2.49. The molecule has 0 aliphatic heterocycles. The summed E-state index contributed by atoms with van der Waals surface area (Å²) in [5.41, 5.74) is 2.14. The highest BCUT2D eigenvalue weighted by atomic mass is 127. The van der Waals surface area contributed by atoms with Crippen molar-refractivity contribution >= 4 is 74.7 Å². The Balaban J connectivity index is 1.64. The maximum absolute atomic E-state index is 12.5. The van der Waals surface area contributed by atoms with E-state index in [1.165, 1.54) is 0 Å².